The average Bonchev–Trinajstić information content (AvgIpc) is 2.41. The Labute approximate surface area is 118 Å². The zero-order valence-electron chi connectivity index (χ0n) is 12.8. The maximum Gasteiger partial charge on any atom is 0.0325 e. The molecule has 1 aromatic rings. The van der Waals surface area contributed by atoms with Gasteiger partial charge in [0.2, 0.25) is 0 Å². The summed E-state index contributed by atoms with van der Waals surface area (Å²) in [6, 6.07) is 11.4. The first-order valence-corrected chi connectivity index (χ1v) is 7.51. The highest BCUT2D eigenvalue weighted by molar-refractivity contribution is 5.19. The normalized spacial score (nSPS) is 25.2. The lowest BCUT2D eigenvalue weighted by Gasteiger charge is -2.49. The highest BCUT2D eigenvalue weighted by Crippen LogP contribution is 2.36. The Morgan fingerprint density at radius 3 is 2.63 bits per heavy atom. The van der Waals surface area contributed by atoms with Gasteiger partial charge in [0, 0.05) is 18.1 Å². The van der Waals surface area contributed by atoms with Crippen LogP contribution in [0.5, 0.6) is 0 Å². The van der Waals surface area contributed by atoms with Gasteiger partial charge in [-0.1, -0.05) is 30.3 Å². The molecule has 2 rings (SSSR count). The van der Waals surface area contributed by atoms with Crippen LogP contribution in [0.3, 0.4) is 0 Å². The molecule has 106 valence electrons. The van der Waals surface area contributed by atoms with Crippen molar-refractivity contribution in [1.29, 1.82) is 0 Å². The molecule has 0 saturated carbocycles. The fraction of sp³-hybridized carbons (Fsp3) is 0.647. The molecule has 1 heterocycles. The fourth-order valence-corrected chi connectivity index (χ4v) is 3.37. The van der Waals surface area contributed by atoms with Crippen LogP contribution >= 0.6 is 0 Å². The van der Waals surface area contributed by atoms with Crippen molar-refractivity contribution in [3.63, 3.8) is 0 Å². The zero-order valence-corrected chi connectivity index (χ0v) is 12.8. The first kappa shape index (κ1) is 14.5. The van der Waals surface area contributed by atoms with Gasteiger partial charge in [-0.15, -0.1) is 0 Å². The van der Waals surface area contributed by atoms with Gasteiger partial charge in [-0.05, 0) is 58.7 Å². The third-order valence-electron chi connectivity index (χ3n) is 4.64. The van der Waals surface area contributed by atoms with Crippen LogP contribution in [0.1, 0.15) is 45.2 Å². The molecule has 0 radical (unpaired) electrons. The smallest absolute Gasteiger partial charge is 0.0325 e. The van der Waals surface area contributed by atoms with E-state index in [1.54, 1.807) is 0 Å². The monoisotopic (exact) mass is 260 g/mol. The molecule has 0 aliphatic carbocycles. The van der Waals surface area contributed by atoms with Crippen LogP contribution in [0.2, 0.25) is 0 Å². The number of nitrogens with one attached hydrogen (secondary N) is 1. The van der Waals surface area contributed by atoms with Crippen molar-refractivity contribution in [3.8, 4) is 0 Å². The predicted molar refractivity (Wildman–Crippen MR) is 82.3 cm³/mol. The number of hydrogen-bond donors (Lipinski definition) is 1. The molecule has 0 amide bonds. The Hall–Kier alpha value is -0.860. The van der Waals surface area contributed by atoms with Crippen molar-refractivity contribution in [2.24, 2.45) is 5.92 Å². The van der Waals surface area contributed by atoms with Crippen LogP contribution in [0.25, 0.3) is 0 Å². The van der Waals surface area contributed by atoms with Crippen molar-refractivity contribution >= 4 is 0 Å². The summed E-state index contributed by atoms with van der Waals surface area (Å²) in [5.74, 6) is 0.782. The van der Waals surface area contributed by atoms with Crippen LogP contribution in [0, 0.1) is 5.92 Å². The topological polar surface area (TPSA) is 15.3 Å². The standard InChI is InChI=1S/C17H28N2/c1-14(16-8-6-5-7-9-16)19-13-15(12-18-4)10-11-17(19,2)3/h5-9,14-15,18H,10-13H2,1-4H3. The minimum absolute atomic E-state index is 0.305. The highest BCUT2D eigenvalue weighted by Gasteiger charge is 2.36. The SMILES string of the molecule is CNCC1CCC(C)(C)N(C(C)c2ccccc2)C1. The predicted octanol–water partition coefficient (Wildman–Crippen LogP) is 3.46. The summed E-state index contributed by atoms with van der Waals surface area (Å²) in [4.78, 5) is 2.69. The van der Waals surface area contributed by atoms with E-state index >= 15 is 0 Å². The molecule has 2 heteroatoms. The Bertz CT molecular complexity index is 386. The molecule has 1 aliphatic heterocycles. The van der Waals surface area contributed by atoms with Crippen LogP contribution in [0.15, 0.2) is 30.3 Å². The van der Waals surface area contributed by atoms with Crippen molar-refractivity contribution in [1.82, 2.24) is 10.2 Å². The summed E-state index contributed by atoms with van der Waals surface area (Å²) < 4.78 is 0. The van der Waals surface area contributed by atoms with Gasteiger partial charge in [0.05, 0.1) is 0 Å². The van der Waals surface area contributed by atoms with Gasteiger partial charge in [0.1, 0.15) is 0 Å². The van der Waals surface area contributed by atoms with E-state index in [0.717, 1.165) is 12.5 Å². The van der Waals surface area contributed by atoms with Gasteiger partial charge in [0.25, 0.3) is 0 Å². The van der Waals surface area contributed by atoms with E-state index in [0.29, 0.717) is 11.6 Å². The Morgan fingerprint density at radius 2 is 2.00 bits per heavy atom. The van der Waals surface area contributed by atoms with Crippen LogP contribution in [-0.4, -0.2) is 30.6 Å². The first-order valence-electron chi connectivity index (χ1n) is 7.51. The van der Waals surface area contributed by atoms with E-state index in [1.165, 1.54) is 24.9 Å². The van der Waals surface area contributed by atoms with Gasteiger partial charge < -0.3 is 5.32 Å². The van der Waals surface area contributed by atoms with E-state index in [-0.39, 0.29) is 0 Å². The average molecular weight is 260 g/mol. The molecule has 2 nitrogen and oxygen atoms in total. The summed E-state index contributed by atoms with van der Waals surface area (Å²) in [6.45, 7) is 9.46. The van der Waals surface area contributed by atoms with Crippen LogP contribution in [0.4, 0.5) is 0 Å². The molecule has 2 atom stereocenters. The molecule has 1 aromatic carbocycles. The second kappa shape index (κ2) is 6.06. The molecule has 1 fully saturated rings. The molecule has 0 aromatic heterocycles. The fourth-order valence-electron chi connectivity index (χ4n) is 3.37. The molecule has 2 unspecified atom stereocenters. The van der Waals surface area contributed by atoms with Gasteiger partial charge in [0.15, 0.2) is 0 Å². The second-order valence-corrected chi connectivity index (χ2v) is 6.51. The molecule has 1 saturated heterocycles. The van der Waals surface area contributed by atoms with Crippen LogP contribution < -0.4 is 5.32 Å². The maximum atomic E-state index is 3.34. The lowest BCUT2D eigenvalue weighted by molar-refractivity contribution is 0.0124. The summed E-state index contributed by atoms with van der Waals surface area (Å²) in [6.07, 6.45) is 2.63. The Balaban J connectivity index is 2.14. The van der Waals surface area contributed by atoms with Gasteiger partial charge in [-0.2, -0.15) is 0 Å². The maximum absolute atomic E-state index is 3.34. The molecular formula is C17H28N2. The van der Waals surface area contributed by atoms with E-state index < -0.39 is 0 Å². The summed E-state index contributed by atoms with van der Waals surface area (Å²) in [7, 11) is 2.06. The molecule has 0 spiro atoms. The number of nitrogens with zero attached hydrogens (tertiary/aromatic N) is 1. The molecule has 0 bridgehead atoms. The largest absolute Gasteiger partial charge is 0.319 e. The lowest BCUT2D eigenvalue weighted by Crippen LogP contribution is -2.52. The molecular weight excluding hydrogens is 232 g/mol. The molecule has 19 heavy (non-hydrogen) atoms. The van der Waals surface area contributed by atoms with Gasteiger partial charge in [-0.3, -0.25) is 4.90 Å². The first-order chi connectivity index (χ1) is 9.04. The second-order valence-electron chi connectivity index (χ2n) is 6.51. The van der Waals surface area contributed by atoms with Crippen LogP contribution in [-0.2, 0) is 0 Å². The minimum Gasteiger partial charge on any atom is -0.319 e. The molecule has 1 N–H and O–H groups in total. The quantitative estimate of drug-likeness (QED) is 0.892. The summed E-state index contributed by atoms with van der Waals surface area (Å²) >= 11 is 0. The van der Waals surface area contributed by atoms with E-state index in [2.05, 4.69) is 68.4 Å². The van der Waals surface area contributed by atoms with Crippen molar-refractivity contribution in [2.45, 2.75) is 45.2 Å². The minimum atomic E-state index is 0.305. The van der Waals surface area contributed by atoms with E-state index in [4.69, 9.17) is 0 Å². The highest BCUT2D eigenvalue weighted by atomic mass is 15.2. The van der Waals surface area contributed by atoms with Gasteiger partial charge in [-0.25, -0.2) is 0 Å². The summed E-state index contributed by atoms with van der Waals surface area (Å²) in [5, 5.41) is 3.34. The Kier molecular flexibility index (Phi) is 4.64. The third kappa shape index (κ3) is 3.37. The number of piperidine rings is 1. The Morgan fingerprint density at radius 1 is 1.32 bits per heavy atom. The van der Waals surface area contributed by atoms with E-state index in [9.17, 15) is 0 Å². The van der Waals surface area contributed by atoms with Crippen molar-refractivity contribution in [3.05, 3.63) is 35.9 Å². The van der Waals surface area contributed by atoms with Crippen molar-refractivity contribution in [2.75, 3.05) is 20.1 Å². The lowest BCUT2D eigenvalue weighted by atomic mass is 9.82. The number of rotatable bonds is 4. The number of hydrogen-bond acceptors (Lipinski definition) is 2. The summed E-state index contributed by atoms with van der Waals surface area (Å²) in [5.41, 5.74) is 1.74. The molecule has 1 aliphatic rings. The number of likely N-dealkylation sites (tertiary alicyclic amines) is 1. The third-order valence-corrected chi connectivity index (χ3v) is 4.64. The van der Waals surface area contributed by atoms with Crippen molar-refractivity contribution < 1.29 is 0 Å². The van der Waals surface area contributed by atoms with Gasteiger partial charge >= 0.3 is 0 Å². The van der Waals surface area contributed by atoms with E-state index in [1.807, 2.05) is 0 Å². The number of benzene rings is 1. The zero-order chi connectivity index (χ0) is 13.9.